The summed E-state index contributed by atoms with van der Waals surface area (Å²) in [6.45, 7) is 20.4. The number of carbonyl (C=O) groups excluding carboxylic acids is 1. The Balaban J connectivity index is 1.53. The molecule has 6 heteroatoms. The highest BCUT2D eigenvalue weighted by atomic mass is 16.3. The minimum absolute atomic E-state index is 0.0539. The molecule has 0 aromatic heterocycles. The lowest BCUT2D eigenvalue weighted by molar-refractivity contribution is -0.921. The number of hydrogen-bond acceptors (Lipinski definition) is 4. The van der Waals surface area contributed by atoms with Crippen molar-refractivity contribution in [2.45, 2.75) is 105 Å². The number of rotatable bonds is 19. The summed E-state index contributed by atoms with van der Waals surface area (Å²) >= 11 is 0. The van der Waals surface area contributed by atoms with Crippen LogP contribution >= 0.6 is 0 Å². The van der Waals surface area contributed by atoms with Crippen LogP contribution < -0.4 is 10.6 Å². The summed E-state index contributed by atoms with van der Waals surface area (Å²) in [5, 5.41) is 17.0. The van der Waals surface area contributed by atoms with Crippen molar-refractivity contribution in [3.63, 3.8) is 0 Å². The van der Waals surface area contributed by atoms with E-state index in [0.717, 1.165) is 80.8 Å². The van der Waals surface area contributed by atoms with Crippen molar-refractivity contribution in [3.05, 3.63) is 70.9 Å². The number of anilines is 2. The van der Waals surface area contributed by atoms with Gasteiger partial charge in [0.15, 0.2) is 6.54 Å². The van der Waals surface area contributed by atoms with Crippen LogP contribution in [0.3, 0.4) is 0 Å². The van der Waals surface area contributed by atoms with Gasteiger partial charge in [0.25, 0.3) is 5.91 Å². The predicted molar refractivity (Wildman–Crippen MR) is 187 cm³/mol. The lowest BCUT2D eigenvalue weighted by atomic mass is 9.98. The van der Waals surface area contributed by atoms with Crippen LogP contribution in [0.15, 0.2) is 48.7 Å². The van der Waals surface area contributed by atoms with E-state index in [4.69, 9.17) is 0 Å². The minimum atomic E-state index is 0.0539. The van der Waals surface area contributed by atoms with Gasteiger partial charge >= 0.3 is 0 Å². The van der Waals surface area contributed by atoms with E-state index >= 15 is 0 Å². The van der Waals surface area contributed by atoms with Gasteiger partial charge in [-0.2, -0.15) is 0 Å². The van der Waals surface area contributed by atoms with Crippen molar-refractivity contribution >= 4 is 17.3 Å². The molecule has 1 saturated heterocycles. The normalized spacial score (nSPS) is 16.8. The fraction of sp³-hybridized carbons (Fsp3) is 0.605. The van der Waals surface area contributed by atoms with Crippen LogP contribution in [0, 0.1) is 27.7 Å². The van der Waals surface area contributed by atoms with Crippen LogP contribution in [0.5, 0.6) is 0 Å². The zero-order valence-electron chi connectivity index (χ0n) is 28.5. The number of quaternary nitrogens is 1. The molecule has 0 aliphatic carbocycles. The Labute approximate surface area is 268 Å². The van der Waals surface area contributed by atoms with Gasteiger partial charge in [-0.05, 0) is 108 Å². The van der Waals surface area contributed by atoms with E-state index in [1.54, 1.807) is 0 Å². The molecule has 6 nitrogen and oxygen atoms in total. The average Bonchev–Trinajstić information content (AvgIpc) is 2.99. The number of likely N-dealkylation sites (tertiary alicyclic amines) is 1. The number of para-hydroxylation sites is 2. The van der Waals surface area contributed by atoms with Crippen LogP contribution in [0.2, 0.25) is 0 Å². The number of carbonyl (C=O) groups is 1. The first-order valence-corrected chi connectivity index (χ1v) is 17.3. The van der Waals surface area contributed by atoms with Crippen molar-refractivity contribution in [1.29, 1.82) is 0 Å². The second-order valence-electron chi connectivity index (χ2n) is 13.3. The van der Waals surface area contributed by atoms with Crippen LogP contribution in [0.4, 0.5) is 11.4 Å². The standard InChI is InChI=1S/C38H60N4O2/c1-7-8-14-25-42(27-28-43,29-36(44)40-38-32(4)20-17-21-33(38)5)26-15-10-9-12-23-41-24-13-11-22-35(41)34(6)39-37-30(2)18-16-19-31(37)3/h16-21,35,39,43H,6-15,22-29H2,1-5H3/p+1. The van der Waals surface area contributed by atoms with E-state index in [1.807, 2.05) is 32.0 Å². The van der Waals surface area contributed by atoms with Crippen molar-refractivity contribution in [2.75, 3.05) is 56.5 Å². The molecule has 3 rings (SSSR count). The van der Waals surface area contributed by atoms with Gasteiger partial charge in [0.2, 0.25) is 0 Å². The molecular weight excluding hydrogens is 544 g/mol. The molecular formula is C38H61N4O2+. The highest BCUT2D eigenvalue weighted by Gasteiger charge is 2.30. The van der Waals surface area contributed by atoms with Gasteiger partial charge in [-0.15, -0.1) is 0 Å². The Kier molecular flexibility index (Phi) is 14.9. The third-order valence-corrected chi connectivity index (χ3v) is 9.65. The van der Waals surface area contributed by atoms with E-state index < -0.39 is 0 Å². The molecule has 1 amide bonds. The highest BCUT2D eigenvalue weighted by Crippen LogP contribution is 2.27. The van der Waals surface area contributed by atoms with Gasteiger partial charge in [0.05, 0.1) is 19.7 Å². The van der Waals surface area contributed by atoms with Gasteiger partial charge in [-0.1, -0.05) is 69.2 Å². The molecule has 1 heterocycles. The Morgan fingerprint density at radius 2 is 1.41 bits per heavy atom. The maximum atomic E-state index is 13.4. The number of amides is 1. The lowest BCUT2D eigenvalue weighted by Gasteiger charge is -2.38. The topological polar surface area (TPSA) is 64.6 Å². The number of nitrogens with one attached hydrogen (secondary N) is 2. The number of piperidine rings is 1. The first kappa shape index (κ1) is 35.8. The van der Waals surface area contributed by atoms with Crippen molar-refractivity contribution in [3.8, 4) is 0 Å². The molecule has 1 aliphatic heterocycles. The van der Waals surface area contributed by atoms with Crippen molar-refractivity contribution < 1.29 is 14.4 Å². The van der Waals surface area contributed by atoms with Crippen LogP contribution in [-0.2, 0) is 4.79 Å². The summed E-state index contributed by atoms with van der Waals surface area (Å²) in [4.78, 5) is 16.0. The Morgan fingerprint density at radius 3 is 2.00 bits per heavy atom. The molecule has 1 aliphatic rings. The molecule has 0 spiro atoms. The SMILES string of the molecule is C=C(Nc1c(C)cccc1C)C1CCCCN1CCCCCC[N+](CCO)(CCCCC)CC(=O)Nc1c(C)cccc1C. The van der Waals surface area contributed by atoms with Crippen LogP contribution in [0.25, 0.3) is 0 Å². The fourth-order valence-electron chi connectivity index (χ4n) is 7.00. The second kappa shape index (κ2) is 18.3. The van der Waals surface area contributed by atoms with Gasteiger partial charge in [-0.25, -0.2) is 0 Å². The maximum Gasteiger partial charge on any atom is 0.279 e. The molecule has 3 N–H and O–H groups in total. The smallest absolute Gasteiger partial charge is 0.279 e. The molecule has 2 aromatic rings. The Bertz CT molecular complexity index is 1150. The van der Waals surface area contributed by atoms with E-state index in [2.05, 4.69) is 61.1 Å². The van der Waals surface area contributed by atoms with Crippen LogP contribution in [0.1, 0.15) is 93.4 Å². The summed E-state index contributed by atoms with van der Waals surface area (Å²) in [5.74, 6) is 0.0539. The molecule has 2 unspecified atom stereocenters. The average molecular weight is 606 g/mol. The van der Waals surface area contributed by atoms with E-state index in [-0.39, 0.29) is 12.5 Å². The number of unbranched alkanes of at least 4 members (excludes halogenated alkanes) is 5. The quantitative estimate of drug-likeness (QED) is 0.113. The van der Waals surface area contributed by atoms with E-state index in [9.17, 15) is 9.90 Å². The first-order chi connectivity index (χ1) is 21.2. The molecule has 44 heavy (non-hydrogen) atoms. The third kappa shape index (κ3) is 10.7. The lowest BCUT2D eigenvalue weighted by Crippen LogP contribution is -2.55. The molecule has 0 saturated carbocycles. The van der Waals surface area contributed by atoms with Crippen LogP contribution in [-0.4, -0.2) is 72.3 Å². The summed E-state index contributed by atoms with van der Waals surface area (Å²) < 4.78 is 0.672. The van der Waals surface area contributed by atoms with Gasteiger partial charge in [0, 0.05) is 23.1 Å². The third-order valence-electron chi connectivity index (χ3n) is 9.65. The largest absolute Gasteiger partial charge is 0.391 e. The predicted octanol–water partition coefficient (Wildman–Crippen LogP) is 7.90. The zero-order chi connectivity index (χ0) is 32.0. The van der Waals surface area contributed by atoms with E-state index in [1.165, 1.54) is 48.9 Å². The van der Waals surface area contributed by atoms with Gasteiger partial charge in [-0.3, -0.25) is 9.69 Å². The van der Waals surface area contributed by atoms with Crippen molar-refractivity contribution in [2.24, 2.45) is 0 Å². The number of nitrogens with zero attached hydrogens (tertiary/aromatic N) is 2. The zero-order valence-corrected chi connectivity index (χ0v) is 28.5. The van der Waals surface area contributed by atoms with Gasteiger partial charge < -0.3 is 20.2 Å². The van der Waals surface area contributed by atoms with E-state index in [0.29, 0.717) is 23.6 Å². The number of aliphatic hydroxyl groups is 1. The summed E-state index contributed by atoms with van der Waals surface area (Å²) in [6.07, 6.45) is 11.7. The first-order valence-electron chi connectivity index (χ1n) is 17.3. The summed E-state index contributed by atoms with van der Waals surface area (Å²) in [7, 11) is 0. The Morgan fingerprint density at radius 1 is 0.841 bits per heavy atom. The van der Waals surface area contributed by atoms with Crippen molar-refractivity contribution in [1.82, 2.24) is 4.90 Å². The molecule has 0 radical (unpaired) electrons. The monoisotopic (exact) mass is 605 g/mol. The molecule has 2 atom stereocenters. The molecule has 1 fully saturated rings. The maximum absolute atomic E-state index is 13.4. The summed E-state index contributed by atoms with van der Waals surface area (Å²) in [5.41, 5.74) is 7.96. The molecule has 0 bridgehead atoms. The number of aryl methyl sites for hydroxylation is 4. The number of aliphatic hydroxyl groups excluding tert-OH is 1. The fourth-order valence-corrected chi connectivity index (χ4v) is 7.00. The highest BCUT2D eigenvalue weighted by molar-refractivity contribution is 5.93. The second-order valence-corrected chi connectivity index (χ2v) is 13.3. The minimum Gasteiger partial charge on any atom is -0.391 e. The molecule has 244 valence electrons. The Hall–Kier alpha value is -2.67. The number of benzene rings is 2. The molecule has 2 aromatic carbocycles. The summed E-state index contributed by atoms with van der Waals surface area (Å²) in [6, 6.07) is 12.9. The number of hydrogen-bond donors (Lipinski definition) is 3. The van der Waals surface area contributed by atoms with Gasteiger partial charge in [0.1, 0.15) is 6.54 Å².